The summed E-state index contributed by atoms with van der Waals surface area (Å²) in [5, 5.41) is 10.5. The van der Waals surface area contributed by atoms with Crippen molar-refractivity contribution in [3.8, 4) is 11.5 Å². The lowest BCUT2D eigenvalue weighted by Gasteiger charge is -2.18. The minimum atomic E-state index is -0.276. The molecule has 0 spiro atoms. The van der Waals surface area contributed by atoms with Gasteiger partial charge in [0, 0.05) is 12.0 Å². The van der Waals surface area contributed by atoms with E-state index in [-0.39, 0.29) is 18.1 Å². The fraction of sp³-hybridized carbons (Fsp3) is 0.357. The van der Waals surface area contributed by atoms with Gasteiger partial charge in [-0.3, -0.25) is 10.1 Å². The van der Waals surface area contributed by atoms with Gasteiger partial charge < -0.3 is 9.47 Å². The third kappa shape index (κ3) is 3.13. The van der Waals surface area contributed by atoms with Gasteiger partial charge in [-0.15, -0.1) is 10.2 Å². The molecule has 3 rings (SSSR count). The highest BCUT2D eigenvalue weighted by Gasteiger charge is 2.32. The maximum absolute atomic E-state index is 11.8. The van der Waals surface area contributed by atoms with Crippen LogP contribution in [0.15, 0.2) is 23.7 Å². The summed E-state index contributed by atoms with van der Waals surface area (Å²) in [6.45, 7) is 3.96. The summed E-state index contributed by atoms with van der Waals surface area (Å²) < 4.78 is 11.5. The number of aromatic nitrogens is 2. The predicted molar refractivity (Wildman–Crippen MR) is 78.9 cm³/mol. The lowest BCUT2D eigenvalue weighted by molar-refractivity contribution is -0.118. The first kappa shape index (κ1) is 13.8. The quantitative estimate of drug-likeness (QED) is 0.938. The number of carbonyl (C=O) groups is 1. The van der Waals surface area contributed by atoms with E-state index in [2.05, 4.69) is 15.5 Å². The van der Waals surface area contributed by atoms with Crippen LogP contribution in [-0.2, 0) is 11.2 Å². The van der Waals surface area contributed by atoms with Gasteiger partial charge in [0.15, 0.2) is 18.1 Å². The van der Waals surface area contributed by atoms with E-state index >= 15 is 0 Å². The number of hydrogen-bond donors (Lipinski definition) is 1. The van der Waals surface area contributed by atoms with E-state index < -0.39 is 0 Å². The summed E-state index contributed by atoms with van der Waals surface area (Å²) in [6, 6.07) is 5.72. The van der Waals surface area contributed by atoms with E-state index in [0.717, 1.165) is 17.7 Å². The molecule has 1 aromatic heterocycles. The van der Waals surface area contributed by atoms with Gasteiger partial charge in [-0.2, -0.15) is 0 Å². The average molecular weight is 305 g/mol. The Morgan fingerprint density at radius 1 is 1.52 bits per heavy atom. The van der Waals surface area contributed by atoms with Gasteiger partial charge in [-0.1, -0.05) is 23.5 Å². The van der Waals surface area contributed by atoms with Crippen molar-refractivity contribution < 1.29 is 14.3 Å². The molecule has 21 heavy (non-hydrogen) atoms. The molecule has 0 atom stereocenters. The molecule has 110 valence electrons. The lowest BCUT2D eigenvalue weighted by atomic mass is 10.0. The first-order chi connectivity index (χ1) is 10.0. The largest absolute Gasteiger partial charge is 0.483 e. The van der Waals surface area contributed by atoms with Crippen molar-refractivity contribution in [2.24, 2.45) is 0 Å². The maximum atomic E-state index is 11.8. The molecule has 0 aliphatic carbocycles. The van der Waals surface area contributed by atoms with Crippen molar-refractivity contribution in [1.82, 2.24) is 10.2 Å². The second-order valence-corrected chi connectivity index (χ2v) is 6.20. The SMILES string of the molecule is CC1(C)Cc2cccc(OCC(=O)Nc3nncs3)c2O1. The van der Waals surface area contributed by atoms with Crippen LogP contribution in [-0.4, -0.2) is 28.3 Å². The van der Waals surface area contributed by atoms with E-state index in [1.807, 2.05) is 26.0 Å². The summed E-state index contributed by atoms with van der Waals surface area (Å²) in [5.74, 6) is 1.04. The molecule has 7 heteroatoms. The number of benzene rings is 1. The number of anilines is 1. The van der Waals surface area contributed by atoms with Crippen LogP contribution in [0.25, 0.3) is 0 Å². The van der Waals surface area contributed by atoms with Crippen molar-refractivity contribution >= 4 is 22.4 Å². The zero-order chi connectivity index (χ0) is 14.9. The van der Waals surface area contributed by atoms with Crippen LogP contribution in [0.5, 0.6) is 11.5 Å². The summed E-state index contributed by atoms with van der Waals surface area (Å²) in [6.07, 6.45) is 0.830. The van der Waals surface area contributed by atoms with Gasteiger partial charge in [0.25, 0.3) is 5.91 Å². The lowest BCUT2D eigenvalue weighted by Crippen LogP contribution is -2.25. The van der Waals surface area contributed by atoms with Gasteiger partial charge in [-0.25, -0.2) is 0 Å². The molecular weight excluding hydrogens is 290 g/mol. The number of nitrogens with zero attached hydrogens (tertiary/aromatic N) is 2. The molecule has 0 saturated heterocycles. The molecule has 1 aromatic carbocycles. The zero-order valence-electron chi connectivity index (χ0n) is 11.8. The normalized spacial score (nSPS) is 15.1. The Labute approximate surface area is 126 Å². The Balaban J connectivity index is 1.64. The van der Waals surface area contributed by atoms with Crippen LogP contribution in [0.3, 0.4) is 0 Å². The third-order valence-electron chi connectivity index (χ3n) is 3.02. The van der Waals surface area contributed by atoms with E-state index in [4.69, 9.17) is 9.47 Å². The number of hydrogen-bond acceptors (Lipinski definition) is 6. The second kappa shape index (κ2) is 5.33. The second-order valence-electron chi connectivity index (χ2n) is 5.36. The van der Waals surface area contributed by atoms with Gasteiger partial charge >= 0.3 is 0 Å². The van der Waals surface area contributed by atoms with Gasteiger partial charge in [0.1, 0.15) is 11.1 Å². The molecule has 6 nitrogen and oxygen atoms in total. The molecule has 1 aliphatic rings. The molecule has 0 bridgehead atoms. The topological polar surface area (TPSA) is 73.3 Å². The van der Waals surface area contributed by atoms with Gasteiger partial charge in [-0.05, 0) is 19.9 Å². The molecule has 0 unspecified atom stereocenters. The molecule has 0 fully saturated rings. The zero-order valence-corrected chi connectivity index (χ0v) is 12.6. The summed E-state index contributed by atoms with van der Waals surface area (Å²) in [4.78, 5) is 11.8. The Hall–Kier alpha value is -2.15. The third-order valence-corrected chi connectivity index (χ3v) is 3.63. The first-order valence-corrected chi connectivity index (χ1v) is 7.41. The molecule has 0 radical (unpaired) electrons. The van der Waals surface area contributed by atoms with Crippen molar-refractivity contribution in [3.63, 3.8) is 0 Å². The van der Waals surface area contributed by atoms with E-state index in [0.29, 0.717) is 10.9 Å². The maximum Gasteiger partial charge on any atom is 0.264 e. The monoisotopic (exact) mass is 305 g/mol. The average Bonchev–Trinajstić information content (AvgIpc) is 3.01. The van der Waals surface area contributed by atoms with E-state index in [1.165, 1.54) is 11.3 Å². The fourth-order valence-electron chi connectivity index (χ4n) is 2.23. The number of amides is 1. The molecule has 2 aromatic rings. The number of para-hydroxylation sites is 1. The van der Waals surface area contributed by atoms with Gasteiger partial charge in [0.2, 0.25) is 5.13 Å². The Kier molecular flexibility index (Phi) is 3.50. The van der Waals surface area contributed by atoms with Crippen LogP contribution in [0, 0.1) is 0 Å². The Bertz CT molecular complexity index is 655. The highest BCUT2D eigenvalue weighted by molar-refractivity contribution is 7.13. The van der Waals surface area contributed by atoms with Crippen molar-refractivity contribution in [2.75, 3.05) is 11.9 Å². The first-order valence-electron chi connectivity index (χ1n) is 6.53. The van der Waals surface area contributed by atoms with Crippen LogP contribution >= 0.6 is 11.3 Å². The smallest absolute Gasteiger partial charge is 0.264 e. The van der Waals surface area contributed by atoms with E-state index in [1.54, 1.807) is 11.6 Å². The van der Waals surface area contributed by atoms with Crippen molar-refractivity contribution in [1.29, 1.82) is 0 Å². The standard InChI is InChI=1S/C14H15N3O3S/c1-14(2)6-9-4-3-5-10(12(9)20-14)19-7-11(18)16-13-17-15-8-21-13/h3-5,8H,6-7H2,1-2H3,(H,16,17,18). The predicted octanol–water partition coefficient (Wildman–Crippen LogP) is 2.27. The highest BCUT2D eigenvalue weighted by Crippen LogP contribution is 2.41. The summed E-state index contributed by atoms with van der Waals surface area (Å²) >= 11 is 1.26. The Morgan fingerprint density at radius 2 is 2.38 bits per heavy atom. The Morgan fingerprint density at radius 3 is 3.14 bits per heavy atom. The number of nitrogens with one attached hydrogen (secondary N) is 1. The van der Waals surface area contributed by atoms with Crippen LogP contribution in [0.2, 0.25) is 0 Å². The van der Waals surface area contributed by atoms with Gasteiger partial charge in [0.05, 0.1) is 0 Å². The minimum Gasteiger partial charge on any atom is -0.483 e. The molecule has 1 N–H and O–H groups in total. The summed E-state index contributed by atoms with van der Waals surface area (Å²) in [5.41, 5.74) is 2.41. The number of rotatable bonds is 4. The van der Waals surface area contributed by atoms with Crippen LogP contribution < -0.4 is 14.8 Å². The number of fused-ring (bicyclic) bond motifs is 1. The van der Waals surface area contributed by atoms with Crippen LogP contribution in [0.4, 0.5) is 5.13 Å². The highest BCUT2D eigenvalue weighted by atomic mass is 32.1. The number of carbonyl (C=O) groups excluding carboxylic acids is 1. The minimum absolute atomic E-state index is 0.0974. The van der Waals surface area contributed by atoms with Crippen LogP contribution in [0.1, 0.15) is 19.4 Å². The molecule has 1 amide bonds. The molecular formula is C14H15N3O3S. The van der Waals surface area contributed by atoms with Crippen molar-refractivity contribution in [3.05, 3.63) is 29.3 Å². The molecule has 0 saturated carbocycles. The van der Waals surface area contributed by atoms with Crippen molar-refractivity contribution in [2.45, 2.75) is 25.9 Å². The molecule has 2 heterocycles. The number of ether oxygens (including phenoxy) is 2. The molecule has 1 aliphatic heterocycles. The summed E-state index contributed by atoms with van der Waals surface area (Å²) in [7, 11) is 0. The fourth-order valence-corrected chi connectivity index (χ4v) is 2.69. The van der Waals surface area contributed by atoms with E-state index in [9.17, 15) is 4.79 Å².